The van der Waals surface area contributed by atoms with Crippen molar-refractivity contribution in [2.75, 3.05) is 11.1 Å². The minimum absolute atomic E-state index is 0.104. The van der Waals surface area contributed by atoms with E-state index in [1.165, 1.54) is 0 Å². The highest BCUT2D eigenvalue weighted by atomic mass is 32.2. The highest BCUT2D eigenvalue weighted by Crippen LogP contribution is 2.21. The van der Waals surface area contributed by atoms with Crippen molar-refractivity contribution < 1.29 is 13.2 Å². The molecule has 1 fully saturated rings. The second-order valence-corrected chi connectivity index (χ2v) is 6.57. The Morgan fingerprint density at radius 2 is 2.29 bits per heavy atom. The van der Waals surface area contributed by atoms with Crippen molar-refractivity contribution in [3.8, 4) is 0 Å². The van der Waals surface area contributed by atoms with Crippen molar-refractivity contribution in [3.05, 3.63) is 11.8 Å². The van der Waals surface area contributed by atoms with Crippen LogP contribution in [-0.2, 0) is 14.6 Å². The van der Waals surface area contributed by atoms with Gasteiger partial charge in [-0.15, -0.1) is 0 Å². The highest BCUT2D eigenvalue weighted by molar-refractivity contribution is 7.92. The molecule has 0 saturated carbocycles. The predicted octanol–water partition coefficient (Wildman–Crippen LogP) is 0.624. The van der Waals surface area contributed by atoms with Gasteiger partial charge in [0.2, 0.25) is 5.91 Å². The van der Waals surface area contributed by atoms with Gasteiger partial charge in [0.1, 0.15) is 11.1 Å². The molecule has 6 nitrogen and oxygen atoms in total. The summed E-state index contributed by atoms with van der Waals surface area (Å²) >= 11 is 0. The van der Waals surface area contributed by atoms with Crippen LogP contribution in [0.4, 0.5) is 5.82 Å². The number of rotatable bonds is 2. The summed E-state index contributed by atoms with van der Waals surface area (Å²) in [5, 5.41) is 8.05. The number of carbonyl (C=O) groups excluding carboxylic acids is 1. The lowest BCUT2D eigenvalue weighted by molar-refractivity contribution is -0.116. The van der Waals surface area contributed by atoms with E-state index in [2.05, 4.69) is 15.5 Å². The van der Waals surface area contributed by atoms with Gasteiger partial charge in [-0.05, 0) is 19.8 Å². The molecule has 7 heteroatoms. The normalized spacial score (nSPS) is 23.2. The summed E-state index contributed by atoms with van der Waals surface area (Å²) < 4.78 is 23.5. The van der Waals surface area contributed by atoms with E-state index in [9.17, 15) is 13.2 Å². The van der Waals surface area contributed by atoms with E-state index in [1.807, 2.05) is 0 Å². The minimum atomic E-state index is -3.29. The third-order valence-corrected chi connectivity index (χ3v) is 5.12. The first-order chi connectivity index (χ1) is 8.00. The number of hydrogen-bond donors (Lipinski definition) is 2. The Bertz CT molecular complexity index is 521. The number of anilines is 1. The number of aryl methyl sites for hydroxylation is 1. The standard InChI is InChI=1S/C10H15N3O3S/c1-7-6-11-13-9(7)12-10(14)8-4-2-3-5-17(8,15)16/h6,8H,2-5H2,1H3,(H2,11,12,13,14). The van der Waals surface area contributed by atoms with Crippen LogP contribution in [0, 0.1) is 6.92 Å². The Hall–Kier alpha value is -1.37. The molecule has 0 radical (unpaired) electrons. The number of carbonyl (C=O) groups is 1. The molecule has 2 rings (SSSR count). The van der Waals surface area contributed by atoms with Gasteiger partial charge < -0.3 is 5.32 Å². The molecule has 0 spiro atoms. The topological polar surface area (TPSA) is 91.9 Å². The summed E-state index contributed by atoms with van der Waals surface area (Å²) in [6.45, 7) is 1.79. The van der Waals surface area contributed by atoms with Gasteiger partial charge in [-0.1, -0.05) is 6.42 Å². The van der Waals surface area contributed by atoms with Crippen LogP contribution >= 0.6 is 0 Å². The third kappa shape index (κ3) is 2.49. The van der Waals surface area contributed by atoms with Gasteiger partial charge in [-0.2, -0.15) is 5.10 Å². The van der Waals surface area contributed by atoms with Crippen LogP contribution in [0.15, 0.2) is 6.20 Å². The number of sulfone groups is 1. The van der Waals surface area contributed by atoms with E-state index in [0.717, 1.165) is 12.0 Å². The van der Waals surface area contributed by atoms with E-state index in [0.29, 0.717) is 18.7 Å². The number of amides is 1. The molecule has 1 atom stereocenters. The molecule has 1 aromatic heterocycles. The number of hydrogen-bond acceptors (Lipinski definition) is 4. The second-order valence-electron chi connectivity index (χ2n) is 4.27. The molecule has 1 aliphatic rings. The van der Waals surface area contributed by atoms with Crippen molar-refractivity contribution >= 4 is 21.6 Å². The van der Waals surface area contributed by atoms with E-state index >= 15 is 0 Å². The zero-order valence-corrected chi connectivity index (χ0v) is 10.4. The SMILES string of the molecule is Cc1cn[nH]c1NC(=O)C1CCCCS1(=O)=O. The van der Waals surface area contributed by atoms with E-state index in [4.69, 9.17) is 0 Å². The first kappa shape index (κ1) is 12.1. The molecular formula is C10H15N3O3S. The van der Waals surface area contributed by atoms with Gasteiger partial charge in [-0.3, -0.25) is 9.89 Å². The molecule has 1 aromatic rings. The number of aromatic amines is 1. The molecule has 1 unspecified atom stereocenters. The lowest BCUT2D eigenvalue weighted by Crippen LogP contribution is -2.39. The van der Waals surface area contributed by atoms with Crippen LogP contribution in [0.5, 0.6) is 0 Å². The largest absolute Gasteiger partial charge is 0.310 e. The van der Waals surface area contributed by atoms with Crippen molar-refractivity contribution in [1.29, 1.82) is 0 Å². The average molecular weight is 257 g/mol. The van der Waals surface area contributed by atoms with Crippen molar-refractivity contribution in [1.82, 2.24) is 10.2 Å². The first-order valence-electron chi connectivity index (χ1n) is 5.53. The number of nitrogens with zero attached hydrogens (tertiary/aromatic N) is 1. The van der Waals surface area contributed by atoms with Crippen LogP contribution in [0.1, 0.15) is 24.8 Å². The molecule has 0 aliphatic carbocycles. The maximum atomic E-state index is 11.9. The van der Waals surface area contributed by atoms with Crippen LogP contribution < -0.4 is 5.32 Å². The zero-order chi connectivity index (χ0) is 12.5. The van der Waals surface area contributed by atoms with Crippen LogP contribution in [0.2, 0.25) is 0 Å². The van der Waals surface area contributed by atoms with Crippen molar-refractivity contribution in [2.45, 2.75) is 31.4 Å². The van der Waals surface area contributed by atoms with Gasteiger partial charge in [0.05, 0.1) is 11.9 Å². The molecule has 0 aromatic carbocycles. The molecule has 2 N–H and O–H groups in total. The van der Waals surface area contributed by atoms with Gasteiger partial charge >= 0.3 is 0 Å². The maximum Gasteiger partial charge on any atom is 0.243 e. The van der Waals surface area contributed by atoms with Gasteiger partial charge in [0.15, 0.2) is 9.84 Å². The Kier molecular flexibility index (Phi) is 3.19. The number of nitrogens with one attached hydrogen (secondary N) is 2. The fourth-order valence-electron chi connectivity index (χ4n) is 1.93. The van der Waals surface area contributed by atoms with Crippen molar-refractivity contribution in [3.63, 3.8) is 0 Å². The molecule has 94 valence electrons. The quantitative estimate of drug-likeness (QED) is 0.812. The Labute approximate surface area is 99.7 Å². The molecular weight excluding hydrogens is 242 g/mol. The lowest BCUT2D eigenvalue weighted by atomic mass is 10.2. The van der Waals surface area contributed by atoms with Crippen LogP contribution in [0.3, 0.4) is 0 Å². The third-order valence-electron chi connectivity index (χ3n) is 2.95. The molecule has 1 aliphatic heterocycles. The van der Waals surface area contributed by atoms with E-state index < -0.39 is 21.0 Å². The predicted molar refractivity (Wildman–Crippen MR) is 63.4 cm³/mol. The van der Waals surface area contributed by atoms with E-state index in [1.54, 1.807) is 13.1 Å². The van der Waals surface area contributed by atoms with Gasteiger partial charge in [-0.25, -0.2) is 8.42 Å². The minimum Gasteiger partial charge on any atom is -0.310 e. The van der Waals surface area contributed by atoms with Crippen molar-refractivity contribution in [2.24, 2.45) is 0 Å². The Morgan fingerprint density at radius 1 is 1.53 bits per heavy atom. The summed E-state index contributed by atoms with van der Waals surface area (Å²) in [6, 6.07) is 0. The number of H-pyrrole nitrogens is 1. The van der Waals surface area contributed by atoms with Crippen LogP contribution in [0.25, 0.3) is 0 Å². The second kappa shape index (κ2) is 4.48. The summed E-state index contributed by atoms with van der Waals surface area (Å²) in [6.07, 6.45) is 3.40. The molecule has 1 amide bonds. The Balaban J connectivity index is 2.13. The fourth-order valence-corrected chi connectivity index (χ4v) is 3.73. The summed E-state index contributed by atoms with van der Waals surface area (Å²) in [5.74, 6) is 0.111. The summed E-state index contributed by atoms with van der Waals surface area (Å²) in [5.41, 5.74) is 0.784. The smallest absolute Gasteiger partial charge is 0.243 e. The highest BCUT2D eigenvalue weighted by Gasteiger charge is 2.35. The monoisotopic (exact) mass is 257 g/mol. The van der Waals surface area contributed by atoms with Gasteiger partial charge in [0, 0.05) is 5.56 Å². The zero-order valence-electron chi connectivity index (χ0n) is 9.56. The lowest BCUT2D eigenvalue weighted by Gasteiger charge is -2.21. The summed E-state index contributed by atoms with van der Waals surface area (Å²) in [7, 11) is -3.29. The molecule has 17 heavy (non-hydrogen) atoms. The van der Waals surface area contributed by atoms with Gasteiger partial charge in [0.25, 0.3) is 0 Å². The van der Waals surface area contributed by atoms with Crippen LogP contribution in [-0.4, -0.2) is 35.5 Å². The fraction of sp³-hybridized carbons (Fsp3) is 0.600. The Morgan fingerprint density at radius 3 is 2.88 bits per heavy atom. The molecule has 2 heterocycles. The molecule has 0 bridgehead atoms. The number of aromatic nitrogens is 2. The van der Waals surface area contributed by atoms with E-state index in [-0.39, 0.29) is 5.75 Å². The summed E-state index contributed by atoms with van der Waals surface area (Å²) in [4.78, 5) is 11.9. The molecule has 1 saturated heterocycles. The average Bonchev–Trinajstić information content (AvgIpc) is 2.63. The maximum absolute atomic E-state index is 11.9. The first-order valence-corrected chi connectivity index (χ1v) is 7.24.